The summed E-state index contributed by atoms with van der Waals surface area (Å²) in [6.07, 6.45) is 15.4. The van der Waals surface area contributed by atoms with Crippen molar-refractivity contribution in [1.82, 2.24) is 19.9 Å². The number of thiophene rings is 1. The number of halogens is 6. The molecule has 0 bridgehead atoms. The molecule has 8 rings (SSSR count). The predicted octanol–water partition coefficient (Wildman–Crippen LogP) is 18.6. The normalized spacial score (nSPS) is 11.6. The van der Waals surface area contributed by atoms with E-state index in [9.17, 15) is 27.6 Å². The number of aryl methyl sites for hydroxylation is 1. The zero-order chi connectivity index (χ0) is 61.1. The van der Waals surface area contributed by atoms with Gasteiger partial charge in [-0.3, -0.25) is 34.7 Å². The van der Waals surface area contributed by atoms with E-state index in [1.54, 1.807) is 60.2 Å². The second-order valence-corrected chi connectivity index (χ2v) is 21.9. The number of thiocarbonyl (C=S) groups is 1. The van der Waals surface area contributed by atoms with Crippen molar-refractivity contribution in [3.8, 4) is 22.8 Å². The molecule has 0 fully saturated rings. The van der Waals surface area contributed by atoms with Crippen LogP contribution in [0.2, 0.25) is 0 Å². The third-order valence-electron chi connectivity index (χ3n) is 11.8. The number of hydrogen-bond donors (Lipinski definition) is 1. The number of rotatable bonds is 23. The summed E-state index contributed by atoms with van der Waals surface area (Å²) in [4.78, 5) is 55.1. The fourth-order valence-electron chi connectivity index (χ4n) is 7.78. The monoisotopic (exact) mass is 1470 g/mol. The number of nitrogens with one attached hydrogen (secondary N) is 2. The predicted molar refractivity (Wildman–Crippen MR) is 346 cm³/mol. The summed E-state index contributed by atoms with van der Waals surface area (Å²) in [5, 5.41) is 15.4. The molecule has 22 heteroatoms. The van der Waals surface area contributed by atoms with E-state index in [-0.39, 0.29) is 25.2 Å². The maximum atomic E-state index is 12.4. The topological polar surface area (TPSA) is 200 Å². The second-order valence-electron chi connectivity index (χ2n) is 17.8. The van der Waals surface area contributed by atoms with Crippen molar-refractivity contribution in [3.63, 3.8) is 0 Å². The van der Waals surface area contributed by atoms with Crippen LogP contribution in [0.3, 0.4) is 0 Å². The van der Waals surface area contributed by atoms with E-state index in [1.807, 2.05) is 109 Å². The van der Waals surface area contributed by atoms with Crippen LogP contribution >= 0.6 is 71.3 Å². The van der Waals surface area contributed by atoms with Crippen molar-refractivity contribution in [1.29, 1.82) is 5.41 Å². The number of hydrogen-bond acceptors (Lipinski definition) is 13. The number of aromatic nitrogens is 4. The summed E-state index contributed by atoms with van der Waals surface area (Å²) in [6, 6.07) is 40.4. The van der Waals surface area contributed by atoms with Crippen LogP contribution in [0.15, 0.2) is 172 Å². The van der Waals surface area contributed by atoms with Crippen LogP contribution in [-0.2, 0) is 54.5 Å². The maximum absolute atomic E-state index is 12.4. The first-order chi connectivity index (χ1) is 41.0. The van der Waals surface area contributed by atoms with Crippen LogP contribution in [0.4, 0.5) is 13.2 Å². The van der Waals surface area contributed by atoms with Gasteiger partial charge < -0.3 is 25.4 Å². The van der Waals surface area contributed by atoms with E-state index in [0.717, 1.165) is 30.3 Å². The van der Waals surface area contributed by atoms with Gasteiger partial charge in [-0.2, -0.15) is 18.3 Å². The van der Waals surface area contributed by atoms with Crippen molar-refractivity contribution in [2.45, 2.75) is 45.2 Å². The fourth-order valence-corrected chi connectivity index (χ4v) is 9.53. The molecule has 3 aromatic carbocycles. The van der Waals surface area contributed by atoms with E-state index in [4.69, 9.17) is 35.7 Å². The van der Waals surface area contributed by atoms with Gasteiger partial charge in [0.25, 0.3) is 19.4 Å². The molecule has 0 unspecified atom stereocenters. The molecular formula is C64H49Br3F3N7O6RuS2. The van der Waals surface area contributed by atoms with E-state index < -0.39 is 17.6 Å². The summed E-state index contributed by atoms with van der Waals surface area (Å²) in [6.45, 7) is 3.33. The minimum Gasteiger partial charge on any atom is -0.753 e. The molecule has 5 aromatic heterocycles. The molecule has 0 radical (unpaired) electrons. The van der Waals surface area contributed by atoms with Crippen LogP contribution in [0.5, 0.6) is 0 Å². The third kappa shape index (κ3) is 22.2. The summed E-state index contributed by atoms with van der Waals surface area (Å²) < 4.78 is 56.1. The Bertz CT molecular complexity index is 3670. The maximum Gasteiger partial charge on any atom is 2.00 e. The fraction of sp³-hybridized carbons (Fsp3) is 0.109. The standard InChI is InChI=1S/C42H26Br3N3O6.C21H23F3N3S.CNS.Ru/c43-33-7-1-30(2-8-33)40(52-24-49)21-27-13-15-46-36(17-27)38-19-29(23-42(54-26-51)32-5-11-35(45)12-6-32)20-39(48-38)37-18-28(14-16-47-37)22-41(53-25-50)31-3-9-34(44)10-4-31;1-2-3-4-5-6-16-9-10-17(28-16)8-7-15-11-12-27-19(13-15)18(25)14-20(26)21(22,23)24;2-1-3;/h1-26H;7-14,25-26H,2-6H2,1H3;;/q;2*-1;+2/b40-21+,41-22+,42-23+;8-7+,18-14-,26-20?;;. The molecule has 2 N–H and O–H groups in total. The Morgan fingerprint density at radius 1 is 0.616 bits per heavy atom. The molecule has 0 saturated carbocycles. The van der Waals surface area contributed by atoms with Crippen LogP contribution < -0.4 is 0 Å². The quantitative estimate of drug-likeness (QED) is 0.0121. The molecule has 0 aliphatic rings. The van der Waals surface area contributed by atoms with E-state index in [2.05, 4.69) is 94.0 Å². The van der Waals surface area contributed by atoms with Gasteiger partial charge in [-0.1, -0.05) is 129 Å². The van der Waals surface area contributed by atoms with Gasteiger partial charge in [0.15, 0.2) is 0 Å². The van der Waals surface area contributed by atoms with Crippen molar-refractivity contribution in [3.05, 3.63) is 237 Å². The summed E-state index contributed by atoms with van der Waals surface area (Å²) in [5.74, 6) is 1.01. The van der Waals surface area contributed by atoms with Gasteiger partial charge in [-0.05, 0) is 163 Å². The van der Waals surface area contributed by atoms with E-state index >= 15 is 0 Å². The average molecular weight is 1470 g/mol. The molecule has 0 amide bonds. The Morgan fingerprint density at radius 3 is 1.49 bits per heavy atom. The Labute approximate surface area is 542 Å². The molecule has 0 atom stereocenters. The molecule has 0 aliphatic carbocycles. The molecular weight excluding hydrogens is 1420 g/mol. The van der Waals surface area contributed by atoms with Gasteiger partial charge in [0.05, 0.1) is 22.8 Å². The van der Waals surface area contributed by atoms with E-state index in [1.165, 1.54) is 48.0 Å². The molecule has 438 valence electrons. The Morgan fingerprint density at radius 2 is 1.05 bits per heavy atom. The number of unbranched alkanes of at least 4 members (excludes halogenated alkanes) is 3. The zero-order valence-electron chi connectivity index (χ0n) is 45.3. The Balaban J connectivity index is 0.000000355. The average Bonchev–Trinajstić information content (AvgIpc) is 4.02. The number of pyridine rings is 4. The molecule has 0 aliphatic heterocycles. The van der Waals surface area contributed by atoms with Crippen LogP contribution in [0, 0.1) is 5.41 Å². The van der Waals surface area contributed by atoms with Gasteiger partial charge in [-0.15, -0.1) is 17.0 Å². The number of ether oxygens (including phenoxy) is 3. The SMILES string of the molecule is CCCCCCc1ccc(/C=C/c2ccnc(/C([NH-])=C/C(=N)C(F)(F)F)c2)s1.O=CO/C(=C/c1ccnc(-c2cc(/C=C(/OC=O)c3ccc(Br)cc3)cc(-c3cc(/C=C(/OC=O)c4ccc(Br)cc4)ccn3)n2)c1)c1ccc(Br)cc1.[N-]=C=S.[Ru+2]. The zero-order valence-corrected chi connectivity index (χ0v) is 53.4. The summed E-state index contributed by atoms with van der Waals surface area (Å²) >= 11 is 15.7. The molecule has 86 heavy (non-hydrogen) atoms. The Hall–Kier alpha value is -7.81. The van der Waals surface area contributed by atoms with Gasteiger partial charge in [0.1, 0.15) is 23.0 Å². The van der Waals surface area contributed by atoms with Gasteiger partial charge in [0, 0.05) is 64.1 Å². The molecule has 13 nitrogen and oxygen atoms in total. The largest absolute Gasteiger partial charge is 2.00 e. The third-order valence-corrected chi connectivity index (χ3v) is 14.5. The number of isothiocyanates is 1. The molecule has 5 heterocycles. The van der Waals surface area contributed by atoms with Crippen molar-refractivity contribution in [2.24, 2.45) is 0 Å². The first-order valence-electron chi connectivity index (χ1n) is 25.5. The van der Waals surface area contributed by atoms with Gasteiger partial charge >= 0.3 is 25.7 Å². The van der Waals surface area contributed by atoms with Gasteiger partial charge in [0.2, 0.25) is 0 Å². The number of carbonyl (C=O) groups excluding carboxylic acids is 3. The minimum atomic E-state index is -4.77. The number of benzene rings is 3. The Kier molecular flexibility index (Phi) is 28.6. The van der Waals surface area contributed by atoms with Crippen LogP contribution in [0.1, 0.15) is 87.0 Å². The summed E-state index contributed by atoms with van der Waals surface area (Å²) in [5.41, 5.74) is 12.7. The van der Waals surface area contributed by atoms with Crippen LogP contribution in [0.25, 0.3) is 87.3 Å². The first-order valence-corrected chi connectivity index (χ1v) is 29.2. The van der Waals surface area contributed by atoms with Crippen molar-refractivity contribution >= 4 is 155 Å². The first kappa shape index (κ1) is 69.0. The van der Waals surface area contributed by atoms with Crippen LogP contribution in [-0.4, -0.2) is 56.4 Å². The minimum absolute atomic E-state index is 0. The molecule has 8 aromatic rings. The number of alkyl halides is 3. The van der Waals surface area contributed by atoms with Crippen molar-refractivity contribution < 1.29 is 61.2 Å². The number of carbonyl (C=O) groups is 3. The van der Waals surface area contributed by atoms with E-state index in [0.29, 0.717) is 98.9 Å². The van der Waals surface area contributed by atoms with Gasteiger partial charge in [-0.25, -0.2) is 4.98 Å². The number of nitrogens with zero attached hydrogens (tertiary/aromatic N) is 5. The summed E-state index contributed by atoms with van der Waals surface area (Å²) in [7, 11) is 0. The second kappa shape index (κ2) is 35.6. The number of allylic oxidation sites excluding steroid dienone is 1. The molecule has 0 spiro atoms. The van der Waals surface area contributed by atoms with Crippen molar-refractivity contribution in [2.75, 3.05) is 0 Å². The smallest absolute Gasteiger partial charge is 0.753 e. The molecule has 0 saturated heterocycles.